The molecule has 1 aliphatic heterocycles. The van der Waals surface area contributed by atoms with Gasteiger partial charge in [-0.1, -0.05) is 11.6 Å². The van der Waals surface area contributed by atoms with Gasteiger partial charge >= 0.3 is 5.97 Å². The maximum atomic E-state index is 15.6. The Hall–Kier alpha value is -2.29. The van der Waals surface area contributed by atoms with E-state index in [1.54, 1.807) is 36.6 Å². The highest BCUT2D eigenvalue weighted by Gasteiger charge is 2.41. The molecule has 0 bridgehead atoms. The number of ether oxygens (including phenoxy) is 1. The van der Waals surface area contributed by atoms with Crippen LogP contribution in [0.25, 0.3) is 10.9 Å². The molecule has 188 valence electrons. The van der Waals surface area contributed by atoms with Crippen LogP contribution < -0.4 is 4.74 Å². The summed E-state index contributed by atoms with van der Waals surface area (Å²) in [6.07, 6.45) is 6.44. The molecule has 0 saturated carbocycles. The Kier molecular flexibility index (Phi) is 8.57. The van der Waals surface area contributed by atoms with Gasteiger partial charge in [0.1, 0.15) is 11.9 Å². The number of pyridine rings is 1. The molecular formula is C26H31ClFN3O3S. The summed E-state index contributed by atoms with van der Waals surface area (Å²) in [5, 5.41) is 14.1. The van der Waals surface area contributed by atoms with Gasteiger partial charge < -0.3 is 14.7 Å². The average Bonchev–Trinajstić information content (AvgIpc) is 3.39. The Morgan fingerprint density at radius 3 is 2.80 bits per heavy atom. The topological polar surface area (TPSA) is 75.6 Å². The summed E-state index contributed by atoms with van der Waals surface area (Å²) in [5.74, 6) is -0.239. The predicted octanol–water partition coefficient (Wildman–Crippen LogP) is 6.33. The minimum atomic E-state index is -1.39. The van der Waals surface area contributed by atoms with Crippen molar-refractivity contribution in [2.75, 3.05) is 26.7 Å². The highest BCUT2D eigenvalue weighted by Crippen LogP contribution is 2.42. The number of likely N-dealkylation sites (tertiary alicyclic amines) is 1. The molecule has 3 aromatic rings. The third-order valence-electron chi connectivity index (χ3n) is 7.12. The van der Waals surface area contributed by atoms with Crippen LogP contribution in [0.3, 0.4) is 0 Å². The van der Waals surface area contributed by atoms with E-state index < -0.39 is 17.6 Å². The first-order chi connectivity index (χ1) is 16.9. The molecule has 0 spiro atoms. The van der Waals surface area contributed by atoms with Gasteiger partial charge in [0.15, 0.2) is 0 Å². The van der Waals surface area contributed by atoms with Crippen LogP contribution >= 0.6 is 22.9 Å². The van der Waals surface area contributed by atoms with Gasteiger partial charge in [-0.2, -0.15) is 0 Å². The van der Waals surface area contributed by atoms with E-state index in [0.29, 0.717) is 35.1 Å². The fourth-order valence-corrected chi connectivity index (χ4v) is 5.86. The average molecular weight is 520 g/mol. The Labute approximate surface area is 214 Å². The maximum Gasteiger partial charge on any atom is 0.309 e. The van der Waals surface area contributed by atoms with E-state index in [9.17, 15) is 9.90 Å². The van der Waals surface area contributed by atoms with Gasteiger partial charge in [-0.15, -0.1) is 11.3 Å². The van der Waals surface area contributed by atoms with Crippen molar-refractivity contribution in [3.05, 3.63) is 51.6 Å². The highest BCUT2D eigenvalue weighted by molar-refractivity contribution is 7.09. The Balaban J connectivity index is 1.35. The van der Waals surface area contributed by atoms with Crippen LogP contribution in [0.4, 0.5) is 4.39 Å². The van der Waals surface area contributed by atoms with Crippen molar-refractivity contribution in [2.45, 2.75) is 51.1 Å². The third kappa shape index (κ3) is 6.11. The fraction of sp³-hybridized carbons (Fsp3) is 0.500. The van der Waals surface area contributed by atoms with Crippen molar-refractivity contribution in [1.82, 2.24) is 14.9 Å². The first kappa shape index (κ1) is 25.8. The van der Waals surface area contributed by atoms with Crippen LogP contribution in [0.15, 0.2) is 36.0 Å². The summed E-state index contributed by atoms with van der Waals surface area (Å²) in [5.41, 5.74) is 0.0760. The summed E-state index contributed by atoms with van der Waals surface area (Å²) in [7, 11) is 1.55. The number of fused-ring (bicyclic) bond motifs is 1. The number of aliphatic carboxylic acids is 1. The molecule has 0 radical (unpaired) electrons. The molecule has 1 N–H and O–H groups in total. The minimum absolute atomic E-state index is 0.0934. The molecule has 6 nitrogen and oxygen atoms in total. The number of piperidine rings is 1. The molecule has 1 aliphatic rings. The van der Waals surface area contributed by atoms with E-state index in [0.717, 1.165) is 43.9 Å². The second-order valence-corrected chi connectivity index (χ2v) is 10.6. The summed E-state index contributed by atoms with van der Waals surface area (Å²) < 4.78 is 20.9. The zero-order chi connectivity index (χ0) is 24.8. The molecule has 35 heavy (non-hydrogen) atoms. The molecular weight excluding hydrogens is 489 g/mol. The number of thiazole rings is 1. The molecule has 9 heteroatoms. The number of aryl methyl sites for hydroxylation is 1. The van der Waals surface area contributed by atoms with Crippen molar-refractivity contribution < 1.29 is 19.0 Å². The number of benzene rings is 1. The number of carbonyl (C=O) groups is 1. The van der Waals surface area contributed by atoms with E-state index in [-0.39, 0.29) is 17.9 Å². The molecule has 1 fully saturated rings. The highest BCUT2D eigenvalue weighted by atomic mass is 35.5. The molecule has 0 amide bonds. The lowest BCUT2D eigenvalue weighted by molar-refractivity contribution is -0.153. The van der Waals surface area contributed by atoms with Crippen molar-refractivity contribution in [3.8, 4) is 5.75 Å². The van der Waals surface area contributed by atoms with Crippen LogP contribution in [0.1, 0.15) is 55.3 Å². The van der Waals surface area contributed by atoms with Gasteiger partial charge in [-0.05, 0) is 82.8 Å². The summed E-state index contributed by atoms with van der Waals surface area (Å²) in [6, 6.07) is 5.27. The van der Waals surface area contributed by atoms with E-state index >= 15 is 4.39 Å². The number of methoxy groups -OCH3 is 1. The molecule has 1 aromatic carbocycles. The number of nitrogens with zero attached hydrogens (tertiary/aromatic N) is 3. The largest absolute Gasteiger partial charge is 0.497 e. The lowest BCUT2D eigenvalue weighted by Crippen LogP contribution is -2.44. The molecule has 4 rings (SSSR count). The van der Waals surface area contributed by atoms with E-state index in [1.807, 2.05) is 11.6 Å². The van der Waals surface area contributed by atoms with Crippen molar-refractivity contribution in [1.29, 1.82) is 0 Å². The van der Waals surface area contributed by atoms with Crippen LogP contribution in [-0.2, 0) is 11.2 Å². The first-order valence-corrected chi connectivity index (χ1v) is 13.3. The van der Waals surface area contributed by atoms with Crippen LogP contribution in [-0.4, -0.2) is 52.7 Å². The first-order valence-electron chi connectivity index (χ1n) is 12.0. The molecule has 2 aromatic heterocycles. The van der Waals surface area contributed by atoms with E-state index in [1.165, 1.54) is 6.20 Å². The summed E-state index contributed by atoms with van der Waals surface area (Å²) >= 11 is 8.04. The van der Waals surface area contributed by atoms with Crippen molar-refractivity contribution >= 4 is 39.8 Å². The monoisotopic (exact) mass is 519 g/mol. The lowest BCUT2D eigenvalue weighted by atomic mass is 9.74. The zero-order valence-electron chi connectivity index (χ0n) is 19.9. The number of carboxylic acids is 1. The Morgan fingerprint density at radius 2 is 2.11 bits per heavy atom. The molecule has 0 aliphatic carbocycles. The second-order valence-electron chi connectivity index (χ2n) is 9.22. The SMILES string of the molecule is COc1ccc2ncc(Cl)c([C@H](F)CCC3(C(=O)O)CCN(CCCCc4nccs4)CC3)c2c1. The number of hydrogen-bond donors (Lipinski definition) is 1. The number of hydrogen-bond acceptors (Lipinski definition) is 6. The van der Waals surface area contributed by atoms with Crippen LogP contribution in [0.2, 0.25) is 5.02 Å². The van der Waals surface area contributed by atoms with Gasteiger partial charge in [-0.25, -0.2) is 9.37 Å². The van der Waals surface area contributed by atoms with Crippen molar-refractivity contribution in [2.24, 2.45) is 5.41 Å². The number of alkyl halides is 1. The molecule has 0 unspecified atom stereocenters. The number of carboxylic acid groups (broad SMARTS) is 1. The van der Waals surface area contributed by atoms with Gasteiger partial charge in [0.2, 0.25) is 0 Å². The van der Waals surface area contributed by atoms with Gasteiger partial charge in [0.25, 0.3) is 0 Å². The van der Waals surface area contributed by atoms with Crippen LogP contribution in [0, 0.1) is 5.41 Å². The number of aromatic nitrogens is 2. The molecule has 3 heterocycles. The van der Waals surface area contributed by atoms with Gasteiger partial charge in [-0.3, -0.25) is 9.78 Å². The summed E-state index contributed by atoms with van der Waals surface area (Å²) in [4.78, 5) is 23.2. The van der Waals surface area contributed by atoms with E-state index in [2.05, 4.69) is 14.9 Å². The van der Waals surface area contributed by atoms with Crippen LogP contribution in [0.5, 0.6) is 5.75 Å². The second kappa shape index (κ2) is 11.6. The smallest absolute Gasteiger partial charge is 0.309 e. The van der Waals surface area contributed by atoms with Crippen molar-refractivity contribution in [3.63, 3.8) is 0 Å². The number of rotatable bonds is 11. The zero-order valence-corrected chi connectivity index (χ0v) is 21.5. The minimum Gasteiger partial charge on any atom is -0.497 e. The quantitative estimate of drug-likeness (QED) is 0.298. The summed E-state index contributed by atoms with van der Waals surface area (Å²) in [6.45, 7) is 2.39. The Morgan fingerprint density at radius 1 is 1.31 bits per heavy atom. The maximum absolute atomic E-state index is 15.6. The number of halogens is 2. The lowest BCUT2D eigenvalue weighted by Gasteiger charge is -2.39. The van der Waals surface area contributed by atoms with E-state index in [4.69, 9.17) is 16.3 Å². The predicted molar refractivity (Wildman–Crippen MR) is 137 cm³/mol. The third-order valence-corrected chi connectivity index (χ3v) is 8.26. The molecule has 1 atom stereocenters. The fourth-order valence-electron chi connectivity index (χ4n) is 4.92. The Bertz CT molecular complexity index is 1140. The standard InChI is InChI=1S/C26H31ClFN3O3S/c1-34-18-5-6-22-19(16-18)24(20(27)17-30-22)21(28)7-8-26(25(32)33)9-13-31(14-10-26)12-3-2-4-23-29-11-15-35-23/h5-6,11,15-17,21H,2-4,7-10,12-14H2,1H3,(H,32,33)/t21-/m1/s1. The number of unbranched alkanes of at least 4 members (excludes halogenated alkanes) is 1. The normalized spacial score (nSPS) is 16.9. The van der Waals surface area contributed by atoms with Gasteiger partial charge in [0.05, 0.1) is 28.1 Å². The van der Waals surface area contributed by atoms with Gasteiger partial charge in [0, 0.05) is 28.7 Å². The molecule has 1 saturated heterocycles.